The highest BCUT2D eigenvalue weighted by Crippen LogP contribution is 2.31. The molecule has 0 aliphatic heterocycles. The van der Waals surface area contributed by atoms with Crippen LogP contribution in [0.25, 0.3) is 0 Å². The van der Waals surface area contributed by atoms with Gasteiger partial charge >= 0.3 is 0 Å². The number of hydrogen-bond acceptors (Lipinski definition) is 2. The van der Waals surface area contributed by atoms with E-state index in [-0.39, 0.29) is 10.8 Å². The van der Waals surface area contributed by atoms with Gasteiger partial charge in [-0.2, -0.15) is 0 Å². The van der Waals surface area contributed by atoms with Gasteiger partial charge < -0.3 is 5.73 Å². The largest absolute Gasteiger partial charge is 0.389 e. The molecule has 1 fully saturated rings. The summed E-state index contributed by atoms with van der Waals surface area (Å²) in [6.07, 6.45) is 2.62. The van der Waals surface area contributed by atoms with E-state index in [1.54, 1.807) is 12.1 Å². The zero-order valence-electron chi connectivity index (χ0n) is 11.5. The van der Waals surface area contributed by atoms with Crippen LogP contribution in [0.4, 0.5) is 4.39 Å². The number of hydrogen-bond donors (Lipinski definition) is 1. The number of benzene rings is 1. The van der Waals surface area contributed by atoms with E-state index < -0.39 is 0 Å². The van der Waals surface area contributed by atoms with Crippen LogP contribution >= 0.6 is 12.2 Å². The first-order chi connectivity index (χ1) is 8.97. The lowest BCUT2D eigenvalue weighted by atomic mass is 10.1. The first-order valence-corrected chi connectivity index (χ1v) is 7.20. The minimum Gasteiger partial charge on any atom is -0.389 e. The lowest BCUT2D eigenvalue weighted by Crippen LogP contribution is -2.32. The number of halogens is 1. The second-order valence-corrected chi connectivity index (χ2v) is 6.08. The average molecular weight is 280 g/mol. The molecule has 0 atom stereocenters. The van der Waals surface area contributed by atoms with Gasteiger partial charge in [0.1, 0.15) is 10.8 Å². The third kappa shape index (κ3) is 3.98. The molecule has 1 aliphatic rings. The van der Waals surface area contributed by atoms with Crippen molar-refractivity contribution in [1.82, 2.24) is 4.90 Å². The normalized spacial score (nSPS) is 15.2. The fourth-order valence-corrected chi connectivity index (χ4v) is 2.26. The van der Waals surface area contributed by atoms with E-state index in [0.29, 0.717) is 23.7 Å². The van der Waals surface area contributed by atoms with Gasteiger partial charge in [-0.3, -0.25) is 4.90 Å². The van der Waals surface area contributed by atoms with Gasteiger partial charge in [-0.15, -0.1) is 0 Å². The van der Waals surface area contributed by atoms with Crippen LogP contribution in [0.5, 0.6) is 0 Å². The lowest BCUT2D eigenvalue weighted by molar-refractivity contribution is 0.201. The monoisotopic (exact) mass is 280 g/mol. The van der Waals surface area contributed by atoms with Gasteiger partial charge in [0, 0.05) is 30.3 Å². The van der Waals surface area contributed by atoms with E-state index in [4.69, 9.17) is 18.0 Å². The molecular weight excluding hydrogens is 259 g/mol. The van der Waals surface area contributed by atoms with Crippen LogP contribution < -0.4 is 5.73 Å². The maximum atomic E-state index is 14.0. The Morgan fingerprint density at radius 2 is 2.16 bits per heavy atom. The summed E-state index contributed by atoms with van der Waals surface area (Å²) in [5.74, 6) is 0.591. The smallest absolute Gasteiger partial charge is 0.128 e. The number of thiocarbonyl (C=S) groups is 1. The van der Waals surface area contributed by atoms with Crippen LogP contribution in [0.2, 0.25) is 0 Å². The quantitative estimate of drug-likeness (QED) is 0.812. The third-order valence-electron chi connectivity index (χ3n) is 3.63. The standard InChI is InChI=1S/C15H21FN2S/c1-10(2)18(8-11-3-4-11)9-13-6-5-12(15(17)19)7-14(13)16/h5-7,10-11H,3-4,8-9H2,1-2H3,(H2,17,19). The van der Waals surface area contributed by atoms with Crippen LogP contribution in [0.15, 0.2) is 18.2 Å². The Hall–Kier alpha value is -1.00. The summed E-state index contributed by atoms with van der Waals surface area (Å²) in [4.78, 5) is 2.57. The molecule has 4 heteroatoms. The molecule has 19 heavy (non-hydrogen) atoms. The Kier molecular flexibility index (Phi) is 4.53. The van der Waals surface area contributed by atoms with Crippen LogP contribution in [0.3, 0.4) is 0 Å². The van der Waals surface area contributed by atoms with Gasteiger partial charge in [-0.25, -0.2) is 4.39 Å². The summed E-state index contributed by atoms with van der Waals surface area (Å²) in [5.41, 5.74) is 6.82. The first-order valence-electron chi connectivity index (χ1n) is 6.79. The Labute approximate surface area is 119 Å². The number of nitrogens with zero attached hydrogens (tertiary/aromatic N) is 1. The molecule has 0 heterocycles. The van der Waals surface area contributed by atoms with Crippen molar-refractivity contribution in [2.75, 3.05) is 6.54 Å². The predicted molar refractivity (Wildman–Crippen MR) is 80.6 cm³/mol. The second-order valence-electron chi connectivity index (χ2n) is 5.64. The molecule has 0 spiro atoms. The molecule has 0 amide bonds. The van der Waals surface area contributed by atoms with Gasteiger partial charge in [0.2, 0.25) is 0 Å². The molecule has 104 valence electrons. The van der Waals surface area contributed by atoms with Crippen LogP contribution in [0, 0.1) is 11.7 Å². The van der Waals surface area contributed by atoms with E-state index in [0.717, 1.165) is 12.5 Å². The number of nitrogens with two attached hydrogens (primary N) is 1. The molecule has 2 nitrogen and oxygen atoms in total. The first kappa shape index (κ1) is 14.4. The van der Waals surface area contributed by atoms with Gasteiger partial charge in [0.15, 0.2) is 0 Å². The molecule has 1 saturated carbocycles. The van der Waals surface area contributed by atoms with Gasteiger partial charge in [-0.1, -0.05) is 24.4 Å². The molecule has 2 rings (SSSR count). The van der Waals surface area contributed by atoms with Crippen molar-refractivity contribution in [2.45, 2.75) is 39.3 Å². The van der Waals surface area contributed by atoms with E-state index in [9.17, 15) is 4.39 Å². The third-order valence-corrected chi connectivity index (χ3v) is 3.87. The summed E-state index contributed by atoms with van der Waals surface area (Å²) in [6.45, 7) is 6.03. The van der Waals surface area contributed by atoms with Crippen molar-refractivity contribution in [3.63, 3.8) is 0 Å². The lowest BCUT2D eigenvalue weighted by Gasteiger charge is -2.26. The van der Waals surface area contributed by atoms with Crippen molar-refractivity contribution in [3.8, 4) is 0 Å². The SMILES string of the molecule is CC(C)N(Cc1ccc(C(N)=S)cc1F)CC1CC1. The highest BCUT2D eigenvalue weighted by atomic mass is 32.1. The Morgan fingerprint density at radius 1 is 1.47 bits per heavy atom. The summed E-state index contributed by atoms with van der Waals surface area (Å²) in [5, 5.41) is 0. The zero-order valence-corrected chi connectivity index (χ0v) is 12.3. The summed E-state index contributed by atoms with van der Waals surface area (Å²) >= 11 is 4.86. The topological polar surface area (TPSA) is 29.3 Å². The molecule has 2 N–H and O–H groups in total. The number of rotatable bonds is 6. The predicted octanol–water partition coefficient (Wildman–Crippen LogP) is 3.08. The minimum absolute atomic E-state index is 0.216. The molecule has 0 bridgehead atoms. The van der Waals surface area contributed by atoms with Gasteiger partial charge in [0.25, 0.3) is 0 Å². The van der Waals surface area contributed by atoms with Gasteiger partial charge in [-0.05, 0) is 38.7 Å². The Morgan fingerprint density at radius 3 is 2.63 bits per heavy atom. The highest BCUT2D eigenvalue weighted by molar-refractivity contribution is 7.80. The second kappa shape index (κ2) is 5.97. The van der Waals surface area contributed by atoms with Crippen LogP contribution in [-0.4, -0.2) is 22.5 Å². The maximum absolute atomic E-state index is 14.0. The molecule has 1 aliphatic carbocycles. The molecule has 1 aromatic rings. The minimum atomic E-state index is -0.216. The fourth-order valence-electron chi connectivity index (χ4n) is 2.14. The average Bonchev–Trinajstić information content (AvgIpc) is 3.14. The molecular formula is C15H21FN2S. The van der Waals surface area contributed by atoms with Crippen LogP contribution in [-0.2, 0) is 6.54 Å². The fraction of sp³-hybridized carbons (Fsp3) is 0.533. The molecule has 0 unspecified atom stereocenters. The summed E-state index contributed by atoms with van der Waals surface area (Å²) in [6, 6.07) is 5.46. The van der Waals surface area contributed by atoms with E-state index in [1.165, 1.54) is 18.9 Å². The Bertz CT molecular complexity index is 469. The van der Waals surface area contributed by atoms with Crippen molar-refractivity contribution >= 4 is 17.2 Å². The Balaban J connectivity index is 2.09. The summed E-state index contributed by atoms with van der Waals surface area (Å²) < 4.78 is 14.0. The van der Waals surface area contributed by atoms with Crippen molar-refractivity contribution in [3.05, 3.63) is 35.1 Å². The molecule has 1 aromatic carbocycles. The molecule has 0 aromatic heterocycles. The van der Waals surface area contributed by atoms with E-state index in [2.05, 4.69) is 18.7 Å². The summed E-state index contributed by atoms with van der Waals surface area (Å²) in [7, 11) is 0. The molecule has 0 radical (unpaired) electrons. The van der Waals surface area contributed by atoms with Crippen molar-refractivity contribution < 1.29 is 4.39 Å². The van der Waals surface area contributed by atoms with Gasteiger partial charge in [0.05, 0.1) is 0 Å². The van der Waals surface area contributed by atoms with Crippen LogP contribution in [0.1, 0.15) is 37.8 Å². The zero-order chi connectivity index (χ0) is 14.0. The van der Waals surface area contributed by atoms with E-state index >= 15 is 0 Å². The van der Waals surface area contributed by atoms with Crippen molar-refractivity contribution in [1.29, 1.82) is 0 Å². The van der Waals surface area contributed by atoms with Crippen molar-refractivity contribution in [2.24, 2.45) is 11.7 Å². The van der Waals surface area contributed by atoms with E-state index in [1.807, 2.05) is 0 Å². The molecule has 0 saturated heterocycles. The highest BCUT2D eigenvalue weighted by Gasteiger charge is 2.25. The maximum Gasteiger partial charge on any atom is 0.128 e.